The van der Waals surface area contributed by atoms with Gasteiger partial charge in [-0.1, -0.05) is 33.1 Å². The Morgan fingerprint density at radius 3 is 2.60 bits per heavy atom. The van der Waals surface area contributed by atoms with Crippen molar-refractivity contribution in [2.75, 3.05) is 5.73 Å². The van der Waals surface area contributed by atoms with Crippen molar-refractivity contribution in [2.24, 2.45) is 5.92 Å². The van der Waals surface area contributed by atoms with Crippen LogP contribution in [0.15, 0.2) is 4.79 Å². The van der Waals surface area contributed by atoms with E-state index in [9.17, 15) is 9.90 Å². The maximum atomic E-state index is 12.2. The molecule has 1 aromatic rings. The van der Waals surface area contributed by atoms with Crippen LogP contribution in [0.4, 0.5) is 5.69 Å². The molecule has 1 unspecified atom stereocenters. The molecule has 110 valence electrons. The molecule has 1 aromatic heterocycles. The van der Waals surface area contributed by atoms with Gasteiger partial charge in [0, 0.05) is 12.1 Å². The standard InChI is InChI=1S/C15H23N3O2/c1-4-6-7-11(5-2)9-18-14(19)12(8-16)10(3)13(17)15(18)20/h11,19H,4-7,9,17H2,1-3H3. The molecule has 0 saturated carbocycles. The summed E-state index contributed by atoms with van der Waals surface area (Å²) in [5, 5.41) is 19.2. The van der Waals surface area contributed by atoms with E-state index in [1.807, 2.05) is 6.07 Å². The van der Waals surface area contributed by atoms with Crippen molar-refractivity contribution in [1.82, 2.24) is 4.57 Å². The average Bonchev–Trinajstić information content (AvgIpc) is 2.45. The van der Waals surface area contributed by atoms with Gasteiger partial charge in [0.05, 0.1) is 0 Å². The highest BCUT2D eigenvalue weighted by molar-refractivity contribution is 5.57. The molecule has 5 heteroatoms. The molecule has 0 amide bonds. The summed E-state index contributed by atoms with van der Waals surface area (Å²) in [6.07, 6.45) is 4.09. The van der Waals surface area contributed by atoms with E-state index in [0.717, 1.165) is 25.7 Å². The molecule has 0 bridgehead atoms. The van der Waals surface area contributed by atoms with Crippen molar-refractivity contribution in [3.8, 4) is 11.9 Å². The van der Waals surface area contributed by atoms with Gasteiger partial charge in [0.2, 0.25) is 5.88 Å². The molecule has 0 aliphatic heterocycles. The monoisotopic (exact) mass is 277 g/mol. The third kappa shape index (κ3) is 3.13. The van der Waals surface area contributed by atoms with Crippen LogP contribution < -0.4 is 11.3 Å². The van der Waals surface area contributed by atoms with Gasteiger partial charge in [-0.05, 0) is 19.3 Å². The van der Waals surface area contributed by atoms with Gasteiger partial charge in [0.25, 0.3) is 5.56 Å². The summed E-state index contributed by atoms with van der Waals surface area (Å²) in [4.78, 5) is 12.2. The summed E-state index contributed by atoms with van der Waals surface area (Å²) in [5.74, 6) is 0.0337. The van der Waals surface area contributed by atoms with Crippen molar-refractivity contribution in [1.29, 1.82) is 5.26 Å². The van der Waals surface area contributed by atoms with Crippen LogP contribution in [-0.2, 0) is 6.54 Å². The molecule has 20 heavy (non-hydrogen) atoms. The van der Waals surface area contributed by atoms with Crippen LogP contribution in [0, 0.1) is 24.2 Å². The predicted octanol–water partition coefficient (Wildman–Crippen LogP) is 2.53. The van der Waals surface area contributed by atoms with Crippen LogP contribution in [0.3, 0.4) is 0 Å². The van der Waals surface area contributed by atoms with Gasteiger partial charge in [-0.2, -0.15) is 5.26 Å². The Morgan fingerprint density at radius 2 is 2.10 bits per heavy atom. The molecule has 0 fully saturated rings. The van der Waals surface area contributed by atoms with E-state index < -0.39 is 5.56 Å². The Hall–Kier alpha value is -1.96. The Kier molecular flexibility index (Phi) is 5.63. The first-order chi connectivity index (χ1) is 9.47. The van der Waals surface area contributed by atoms with Crippen molar-refractivity contribution in [3.05, 3.63) is 21.5 Å². The summed E-state index contributed by atoms with van der Waals surface area (Å²) >= 11 is 0. The largest absolute Gasteiger partial charge is 0.493 e. The second-order valence-electron chi connectivity index (χ2n) is 5.18. The Balaban J connectivity index is 3.22. The summed E-state index contributed by atoms with van der Waals surface area (Å²) in [7, 11) is 0. The number of nitriles is 1. The van der Waals surface area contributed by atoms with E-state index in [1.54, 1.807) is 6.92 Å². The van der Waals surface area contributed by atoms with Gasteiger partial charge in [-0.15, -0.1) is 0 Å². The van der Waals surface area contributed by atoms with E-state index in [1.165, 1.54) is 4.57 Å². The van der Waals surface area contributed by atoms with Gasteiger partial charge in [-0.3, -0.25) is 9.36 Å². The number of nitrogen functional groups attached to an aromatic ring is 1. The van der Waals surface area contributed by atoms with E-state index in [-0.39, 0.29) is 17.1 Å². The molecule has 0 aliphatic carbocycles. The number of nitrogens with zero attached hydrogens (tertiary/aromatic N) is 2. The number of pyridine rings is 1. The number of nitrogens with two attached hydrogens (primary N) is 1. The molecular formula is C15H23N3O2. The highest BCUT2D eigenvalue weighted by atomic mass is 16.3. The topological polar surface area (TPSA) is 92.0 Å². The van der Waals surface area contributed by atoms with Crippen molar-refractivity contribution in [2.45, 2.75) is 53.0 Å². The van der Waals surface area contributed by atoms with E-state index >= 15 is 0 Å². The number of rotatable bonds is 6. The SMILES string of the molecule is CCCCC(CC)Cn1c(O)c(C#N)c(C)c(N)c1=O. The van der Waals surface area contributed by atoms with Gasteiger partial charge < -0.3 is 10.8 Å². The third-order valence-electron chi connectivity index (χ3n) is 3.83. The Labute approximate surface area is 119 Å². The van der Waals surface area contributed by atoms with Crippen LogP contribution in [0.2, 0.25) is 0 Å². The third-order valence-corrected chi connectivity index (χ3v) is 3.83. The Bertz CT molecular complexity index is 570. The highest BCUT2D eigenvalue weighted by Crippen LogP contribution is 2.24. The number of aromatic hydroxyl groups is 1. The number of aromatic nitrogens is 1. The first kappa shape index (κ1) is 16.1. The maximum absolute atomic E-state index is 12.2. The van der Waals surface area contributed by atoms with Crippen LogP contribution in [0.1, 0.15) is 50.7 Å². The fraction of sp³-hybridized carbons (Fsp3) is 0.600. The zero-order chi connectivity index (χ0) is 15.3. The molecule has 1 atom stereocenters. The highest BCUT2D eigenvalue weighted by Gasteiger charge is 2.19. The van der Waals surface area contributed by atoms with E-state index in [4.69, 9.17) is 11.0 Å². The van der Waals surface area contributed by atoms with Crippen LogP contribution >= 0.6 is 0 Å². The number of unbranched alkanes of at least 4 members (excludes halogenated alkanes) is 1. The van der Waals surface area contributed by atoms with Gasteiger partial charge in [0.1, 0.15) is 17.3 Å². The lowest BCUT2D eigenvalue weighted by Gasteiger charge is -2.19. The number of anilines is 1. The molecule has 3 N–H and O–H groups in total. The second-order valence-corrected chi connectivity index (χ2v) is 5.18. The molecule has 0 aliphatic rings. The van der Waals surface area contributed by atoms with E-state index in [2.05, 4.69) is 13.8 Å². The first-order valence-corrected chi connectivity index (χ1v) is 7.09. The maximum Gasteiger partial charge on any atom is 0.276 e. The Morgan fingerprint density at radius 1 is 1.45 bits per heavy atom. The summed E-state index contributed by atoms with van der Waals surface area (Å²) in [5.41, 5.74) is 5.83. The summed E-state index contributed by atoms with van der Waals surface area (Å²) < 4.78 is 1.24. The minimum absolute atomic E-state index is 0.0460. The lowest BCUT2D eigenvalue weighted by molar-refractivity contribution is 0.339. The fourth-order valence-electron chi connectivity index (χ4n) is 2.32. The van der Waals surface area contributed by atoms with Crippen molar-refractivity contribution in [3.63, 3.8) is 0 Å². The molecule has 0 spiro atoms. The van der Waals surface area contributed by atoms with Crippen molar-refractivity contribution < 1.29 is 5.11 Å². The molecule has 0 saturated heterocycles. The number of hydrogen-bond donors (Lipinski definition) is 2. The minimum atomic E-state index is -0.408. The van der Waals surface area contributed by atoms with Crippen LogP contribution in [0.5, 0.6) is 5.88 Å². The normalized spacial score (nSPS) is 12.1. The second kappa shape index (κ2) is 6.99. The van der Waals surface area contributed by atoms with Gasteiger partial charge in [-0.25, -0.2) is 0 Å². The number of hydrogen-bond acceptors (Lipinski definition) is 4. The lowest BCUT2D eigenvalue weighted by Crippen LogP contribution is -2.28. The van der Waals surface area contributed by atoms with Crippen LogP contribution in [-0.4, -0.2) is 9.67 Å². The minimum Gasteiger partial charge on any atom is -0.493 e. The molecule has 1 rings (SSSR count). The molecular weight excluding hydrogens is 254 g/mol. The predicted molar refractivity (Wildman–Crippen MR) is 79.5 cm³/mol. The first-order valence-electron chi connectivity index (χ1n) is 7.09. The quantitative estimate of drug-likeness (QED) is 0.835. The summed E-state index contributed by atoms with van der Waals surface area (Å²) in [6, 6.07) is 1.92. The summed E-state index contributed by atoms with van der Waals surface area (Å²) in [6.45, 7) is 6.16. The average molecular weight is 277 g/mol. The van der Waals surface area contributed by atoms with Gasteiger partial charge in [0.15, 0.2) is 0 Å². The van der Waals surface area contributed by atoms with Gasteiger partial charge >= 0.3 is 0 Å². The fourth-order valence-corrected chi connectivity index (χ4v) is 2.32. The molecule has 0 aromatic carbocycles. The van der Waals surface area contributed by atoms with Crippen molar-refractivity contribution >= 4 is 5.69 Å². The molecule has 1 heterocycles. The molecule has 5 nitrogen and oxygen atoms in total. The molecule has 0 radical (unpaired) electrons. The zero-order valence-electron chi connectivity index (χ0n) is 12.4. The zero-order valence-corrected chi connectivity index (χ0v) is 12.4. The smallest absolute Gasteiger partial charge is 0.276 e. The van der Waals surface area contributed by atoms with E-state index in [0.29, 0.717) is 18.0 Å². The van der Waals surface area contributed by atoms with Crippen LogP contribution in [0.25, 0.3) is 0 Å². The lowest BCUT2D eigenvalue weighted by atomic mass is 9.99.